The van der Waals surface area contributed by atoms with E-state index in [0.717, 1.165) is 0 Å². The lowest BCUT2D eigenvalue weighted by atomic mass is 10.1. The molecule has 3 rings (SSSR count). The zero-order valence-corrected chi connectivity index (χ0v) is 17.4. The van der Waals surface area contributed by atoms with Gasteiger partial charge in [-0.25, -0.2) is 10.2 Å². The van der Waals surface area contributed by atoms with Crippen LogP contribution in [0.1, 0.15) is 26.3 Å². The molecule has 10 nitrogen and oxygen atoms in total. The van der Waals surface area contributed by atoms with Gasteiger partial charge in [-0.2, -0.15) is 5.10 Å². The predicted octanol–water partition coefficient (Wildman–Crippen LogP) is 1.03. The summed E-state index contributed by atoms with van der Waals surface area (Å²) in [5, 5.41) is 6.19. The molecule has 10 heteroatoms. The van der Waals surface area contributed by atoms with E-state index in [9.17, 15) is 19.2 Å². The number of nitrogens with zero attached hydrogens (tertiary/aromatic N) is 2. The summed E-state index contributed by atoms with van der Waals surface area (Å²) >= 11 is 0. The fourth-order valence-electron chi connectivity index (χ4n) is 2.93. The number of para-hydroxylation sites is 1. The molecule has 166 valence electrons. The van der Waals surface area contributed by atoms with Gasteiger partial charge in [-0.1, -0.05) is 24.3 Å². The number of esters is 1. The first-order valence-electron chi connectivity index (χ1n) is 9.78. The van der Waals surface area contributed by atoms with Crippen LogP contribution in [-0.4, -0.2) is 68.2 Å². The first-order valence-corrected chi connectivity index (χ1v) is 9.78. The van der Waals surface area contributed by atoms with Crippen LogP contribution in [-0.2, 0) is 19.1 Å². The van der Waals surface area contributed by atoms with Gasteiger partial charge in [-0.05, 0) is 29.8 Å². The number of hydrogen-bond acceptors (Lipinski definition) is 7. The first kappa shape index (κ1) is 22.6. The van der Waals surface area contributed by atoms with Crippen molar-refractivity contribution >= 4 is 35.6 Å². The molecule has 3 amide bonds. The Hall–Kier alpha value is -4.05. The quantitative estimate of drug-likeness (QED) is 0.311. The molecule has 0 aliphatic carbocycles. The van der Waals surface area contributed by atoms with Gasteiger partial charge >= 0.3 is 17.8 Å². The molecule has 2 aromatic carbocycles. The third kappa shape index (κ3) is 5.76. The minimum atomic E-state index is -0.999. The Bertz CT molecular complexity index is 1030. The lowest BCUT2D eigenvalue weighted by Gasteiger charge is -2.27. The number of amides is 3. The van der Waals surface area contributed by atoms with Crippen LogP contribution in [0, 0.1) is 0 Å². The molecule has 1 aliphatic heterocycles. The summed E-state index contributed by atoms with van der Waals surface area (Å²) < 4.78 is 9.87. The molecular formula is C22H22N4O6. The van der Waals surface area contributed by atoms with Crippen molar-refractivity contribution in [2.24, 2.45) is 5.10 Å². The van der Waals surface area contributed by atoms with Gasteiger partial charge in [0.05, 0.1) is 43.4 Å². The smallest absolute Gasteiger partial charge is 0.337 e. The van der Waals surface area contributed by atoms with Crippen LogP contribution >= 0.6 is 0 Å². The Kier molecular flexibility index (Phi) is 7.65. The lowest BCUT2D eigenvalue weighted by molar-refractivity contribution is -0.136. The lowest BCUT2D eigenvalue weighted by Crippen LogP contribution is -2.41. The highest BCUT2D eigenvalue weighted by atomic mass is 16.5. The average molecular weight is 438 g/mol. The SMILES string of the molecule is COC(=O)c1ccc(/C=N\NC(=O)C(=O)Nc2ccccc2C(=O)N2CCOCC2)cc1. The fraction of sp³-hybridized carbons (Fsp3) is 0.227. The summed E-state index contributed by atoms with van der Waals surface area (Å²) in [6.45, 7) is 1.81. The molecule has 0 aromatic heterocycles. The van der Waals surface area contributed by atoms with Gasteiger partial charge in [-0.3, -0.25) is 14.4 Å². The second kappa shape index (κ2) is 10.8. The van der Waals surface area contributed by atoms with Gasteiger partial charge in [0.1, 0.15) is 0 Å². The molecule has 1 aliphatic rings. The van der Waals surface area contributed by atoms with Gasteiger partial charge in [0.2, 0.25) is 0 Å². The zero-order chi connectivity index (χ0) is 22.9. The number of hydrogen-bond donors (Lipinski definition) is 2. The topological polar surface area (TPSA) is 126 Å². The van der Waals surface area contributed by atoms with E-state index in [-0.39, 0.29) is 17.2 Å². The number of ether oxygens (including phenoxy) is 2. The Labute approximate surface area is 184 Å². The second-order valence-corrected chi connectivity index (χ2v) is 6.72. The summed E-state index contributed by atoms with van der Waals surface area (Å²) in [6, 6.07) is 12.8. The highest BCUT2D eigenvalue weighted by molar-refractivity contribution is 6.40. The molecule has 0 bridgehead atoms. The molecule has 1 heterocycles. The number of rotatable bonds is 5. The summed E-state index contributed by atoms with van der Waals surface area (Å²) in [5.74, 6) is -2.68. The van der Waals surface area contributed by atoms with E-state index < -0.39 is 17.8 Å². The number of methoxy groups -OCH3 is 1. The van der Waals surface area contributed by atoms with E-state index in [1.165, 1.54) is 13.3 Å². The minimum Gasteiger partial charge on any atom is -0.465 e. The number of carbonyl (C=O) groups excluding carboxylic acids is 4. The summed E-state index contributed by atoms with van der Waals surface area (Å²) in [5.41, 5.74) is 3.61. The normalized spacial score (nSPS) is 13.5. The van der Waals surface area contributed by atoms with Gasteiger partial charge in [0.15, 0.2) is 0 Å². The maximum Gasteiger partial charge on any atom is 0.337 e. The van der Waals surface area contributed by atoms with Crippen LogP contribution in [0.2, 0.25) is 0 Å². The van der Waals surface area contributed by atoms with Crippen molar-refractivity contribution in [2.75, 3.05) is 38.7 Å². The number of morpholine rings is 1. The van der Waals surface area contributed by atoms with E-state index in [1.807, 2.05) is 0 Å². The monoisotopic (exact) mass is 438 g/mol. The largest absolute Gasteiger partial charge is 0.465 e. The number of hydrazone groups is 1. The van der Waals surface area contributed by atoms with Crippen molar-refractivity contribution < 1.29 is 28.7 Å². The third-order valence-electron chi connectivity index (χ3n) is 4.62. The van der Waals surface area contributed by atoms with Gasteiger partial charge in [-0.15, -0.1) is 0 Å². The Morgan fingerprint density at radius 1 is 1.00 bits per heavy atom. The van der Waals surface area contributed by atoms with Crippen LogP contribution in [0.4, 0.5) is 5.69 Å². The maximum atomic E-state index is 12.8. The van der Waals surface area contributed by atoms with Crippen LogP contribution in [0.15, 0.2) is 53.6 Å². The Morgan fingerprint density at radius 3 is 2.38 bits per heavy atom. The van der Waals surface area contributed by atoms with Crippen molar-refractivity contribution in [1.29, 1.82) is 0 Å². The maximum absolute atomic E-state index is 12.8. The number of benzene rings is 2. The molecule has 1 saturated heterocycles. The van der Waals surface area contributed by atoms with Gasteiger partial charge in [0, 0.05) is 13.1 Å². The van der Waals surface area contributed by atoms with Crippen molar-refractivity contribution in [3.05, 3.63) is 65.2 Å². The molecule has 0 spiro atoms. The van der Waals surface area contributed by atoms with E-state index in [1.54, 1.807) is 53.4 Å². The fourth-order valence-corrected chi connectivity index (χ4v) is 2.93. The van der Waals surface area contributed by atoms with E-state index in [4.69, 9.17) is 4.74 Å². The van der Waals surface area contributed by atoms with Crippen molar-refractivity contribution in [3.8, 4) is 0 Å². The summed E-state index contributed by atoms with van der Waals surface area (Å²) in [7, 11) is 1.29. The Morgan fingerprint density at radius 2 is 1.69 bits per heavy atom. The summed E-state index contributed by atoms with van der Waals surface area (Å²) in [4.78, 5) is 50.2. The van der Waals surface area contributed by atoms with E-state index in [0.29, 0.717) is 37.4 Å². The molecule has 0 unspecified atom stereocenters. The molecule has 32 heavy (non-hydrogen) atoms. The number of carbonyl (C=O) groups is 4. The second-order valence-electron chi connectivity index (χ2n) is 6.72. The van der Waals surface area contributed by atoms with Crippen molar-refractivity contribution in [2.45, 2.75) is 0 Å². The highest BCUT2D eigenvalue weighted by Crippen LogP contribution is 2.18. The number of nitrogens with one attached hydrogen (secondary N) is 2. The minimum absolute atomic E-state index is 0.228. The number of anilines is 1. The van der Waals surface area contributed by atoms with E-state index >= 15 is 0 Å². The summed E-state index contributed by atoms with van der Waals surface area (Å²) in [6.07, 6.45) is 1.32. The van der Waals surface area contributed by atoms with E-state index in [2.05, 4.69) is 20.6 Å². The highest BCUT2D eigenvalue weighted by Gasteiger charge is 2.22. The molecule has 2 aromatic rings. The van der Waals surface area contributed by atoms with Crippen molar-refractivity contribution in [1.82, 2.24) is 10.3 Å². The van der Waals surface area contributed by atoms with Crippen LogP contribution in [0.5, 0.6) is 0 Å². The van der Waals surface area contributed by atoms with Gasteiger partial charge in [0.25, 0.3) is 5.91 Å². The van der Waals surface area contributed by atoms with Crippen LogP contribution in [0.25, 0.3) is 0 Å². The predicted molar refractivity (Wildman–Crippen MR) is 115 cm³/mol. The molecule has 0 saturated carbocycles. The van der Waals surface area contributed by atoms with Crippen molar-refractivity contribution in [3.63, 3.8) is 0 Å². The molecular weight excluding hydrogens is 416 g/mol. The Balaban J connectivity index is 1.59. The third-order valence-corrected chi connectivity index (χ3v) is 4.62. The molecule has 0 atom stereocenters. The molecule has 0 radical (unpaired) electrons. The molecule has 1 fully saturated rings. The van der Waals surface area contributed by atoms with Crippen LogP contribution in [0.3, 0.4) is 0 Å². The standard InChI is InChI=1S/C22H22N4O6/c1-31-22(30)16-8-6-15(7-9-16)14-23-25-20(28)19(27)24-18-5-3-2-4-17(18)21(29)26-10-12-32-13-11-26/h2-9,14H,10-13H2,1H3,(H,24,27)(H,25,28)/b23-14-. The zero-order valence-electron chi connectivity index (χ0n) is 17.4. The first-order chi connectivity index (χ1) is 15.5. The van der Waals surface area contributed by atoms with Gasteiger partial charge < -0.3 is 19.7 Å². The average Bonchev–Trinajstić information content (AvgIpc) is 2.84. The van der Waals surface area contributed by atoms with Crippen LogP contribution < -0.4 is 10.7 Å². The molecule has 2 N–H and O–H groups in total.